The Kier molecular flexibility index (Phi) is 10.4. The Labute approximate surface area is 353 Å². The molecule has 2 unspecified atom stereocenters. The summed E-state index contributed by atoms with van der Waals surface area (Å²) in [6, 6.07) is 29.8. The van der Waals surface area contributed by atoms with Crippen molar-refractivity contribution in [2.24, 2.45) is 0 Å². The molecule has 8 rings (SSSR count). The fourth-order valence-corrected chi connectivity index (χ4v) is 10.8. The van der Waals surface area contributed by atoms with Gasteiger partial charge in [0.25, 0.3) is 10.1 Å². The van der Waals surface area contributed by atoms with Crippen molar-refractivity contribution in [1.82, 2.24) is 0 Å². The second kappa shape index (κ2) is 15.1. The number of carbonyl (C=O) groups excluding carboxylic acids is 1. The zero-order valence-electron chi connectivity index (χ0n) is 34.7. The van der Waals surface area contributed by atoms with Crippen molar-refractivity contribution in [3.8, 4) is 0 Å². The highest BCUT2D eigenvalue weighted by atomic mass is 35.5. The molecule has 0 radical (unpaired) electrons. The lowest BCUT2D eigenvalue weighted by atomic mass is 9.77. The summed E-state index contributed by atoms with van der Waals surface area (Å²) in [6.07, 6.45) is 10.4. The van der Waals surface area contributed by atoms with Gasteiger partial charge in [0.05, 0.1) is 23.6 Å². The lowest BCUT2D eigenvalue weighted by Crippen LogP contribution is -2.39. The smallest absolute Gasteiger partial charge is 0.337 e. The standard InChI is InChI=1S/C50H51ClN2O5S/c1-8-52-41-24-18-32-12-10-11-13-39(32)45(41)49(3,4)43(52)26-20-35-28-37(31-14-16-33(17-15-31)48(54)58-7)29-36(47(35)51)21-27-44-50(5,6)46-40-23-22-38(59(55,56)57)30-34(40)19-25-42(46)53(44)9-2/h10-27,30,37,43H,8-9,28-29H2,1-7H3,(H,55,56,57)/b26-20+,36-21+,44-27+. The Morgan fingerprint density at radius 2 is 1.54 bits per heavy atom. The number of allylic oxidation sites excluding steroid dienone is 7. The number of carbonyl (C=O) groups is 1. The molecule has 3 aliphatic rings. The van der Waals surface area contributed by atoms with Gasteiger partial charge in [-0.2, -0.15) is 8.42 Å². The van der Waals surface area contributed by atoms with E-state index in [1.54, 1.807) is 6.07 Å². The Bertz CT molecular complexity index is 2760. The monoisotopic (exact) mass is 826 g/mol. The van der Waals surface area contributed by atoms with Crippen molar-refractivity contribution >= 4 is 60.6 Å². The van der Waals surface area contributed by atoms with Gasteiger partial charge in [-0.05, 0) is 124 Å². The van der Waals surface area contributed by atoms with Gasteiger partial charge >= 0.3 is 5.97 Å². The van der Waals surface area contributed by atoms with Crippen LogP contribution in [-0.4, -0.2) is 45.2 Å². The van der Waals surface area contributed by atoms with Crippen LogP contribution in [0.25, 0.3) is 21.5 Å². The number of rotatable bonds is 8. The van der Waals surface area contributed by atoms with Gasteiger partial charge in [0.1, 0.15) is 0 Å². The minimum atomic E-state index is -4.34. The Morgan fingerprint density at radius 1 is 0.847 bits per heavy atom. The summed E-state index contributed by atoms with van der Waals surface area (Å²) in [7, 11) is -2.94. The van der Waals surface area contributed by atoms with Crippen LogP contribution in [0.5, 0.6) is 0 Å². The molecule has 0 saturated carbocycles. The lowest BCUT2D eigenvalue weighted by molar-refractivity contribution is 0.0600. The van der Waals surface area contributed by atoms with E-state index in [1.807, 2.05) is 36.4 Å². The van der Waals surface area contributed by atoms with E-state index in [0.717, 1.165) is 69.0 Å². The fourth-order valence-electron chi connectivity index (χ4n) is 10.1. The van der Waals surface area contributed by atoms with E-state index in [1.165, 1.54) is 41.3 Å². The summed E-state index contributed by atoms with van der Waals surface area (Å²) in [4.78, 5) is 17.0. The van der Waals surface area contributed by atoms with Crippen LogP contribution in [0.1, 0.15) is 87.4 Å². The maximum absolute atomic E-state index is 12.3. The molecule has 2 heterocycles. The number of esters is 1. The topological polar surface area (TPSA) is 87.2 Å². The van der Waals surface area contributed by atoms with Crippen LogP contribution in [-0.2, 0) is 25.7 Å². The molecule has 0 saturated heterocycles. The van der Waals surface area contributed by atoms with E-state index in [2.05, 4.69) is 112 Å². The second-order valence-corrected chi connectivity index (χ2v) is 18.8. The summed E-state index contributed by atoms with van der Waals surface area (Å²) < 4.78 is 38.7. The van der Waals surface area contributed by atoms with Crippen LogP contribution in [0, 0.1) is 0 Å². The SMILES string of the molecule is CCN1/C(=C/C=C2\CC(c3ccc(C(=O)OC)cc3)CC(/C=C/C3N(CC)c4ccc5ccccc5c4C3(C)C)=C2Cl)C(C)(C)c2c1ccc1cc(S(=O)(=O)O)ccc21. The minimum Gasteiger partial charge on any atom is -0.465 e. The largest absolute Gasteiger partial charge is 0.465 e. The normalized spacial score (nSPS) is 21.3. The number of fused-ring (bicyclic) bond motifs is 6. The van der Waals surface area contributed by atoms with Gasteiger partial charge in [0, 0.05) is 46.0 Å². The van der Waals surface area contributed by atoms with E-state index >= 15 is 0 Å². The molecular weight excluding hydrogens is 776 g/mol. The molecule has 2 aliphatic heterocycles. The van der Waals surface area contributed by atoms with Crippen molar-refractivity contribution in [3.05, 3.63) is 159 Å². The average molecular weight is 827 g/mol. The minimum absolute atomic E-state index is 0.110. The predicted octanol–water partition coefficient (Wildman–Crippen LogP) is 11.8. The number of hydrogen-bond acceptors (Lipinski definition) is 6. The molecule has 0 bridgehead atoms. The van der Waals surface area contributed by atoms with Crippen LogP contribution in [0.4, 0.5) is 11.4 Å². The van der Waals surface area contributed by atoms with Gasteiger partial charge in [-0.3, -0.25) is 4.55 Å². The highest BCUT2D eigenvalue weighted by Gasteiger charge is 2.44. The molecule has 304 valence electrons. The van der Waals surface area contributed by atoms with Crippen molar-refractivity contribution in [3.63, 3.8) is 0 Å². The number of halogens is 1. The van der Waals surface area contributed by atoms with Crippen LogP contribution < -0.4 is 9.80 Å². The third-order valence-corrected chi connectivity index (χ3v) is 14.3. The fraction of sp³-hybridized carbons (Fsp3) is 0.300. The van der Waals surface area contributed by atoms with E-state index in [0.29, 0.717) is 12.0 Å². The number of hydrogen-bond donors (Lipinski definition) is 1. The zero-order chi connectivity index (χ0) is 42.0. The highest BCUT2D eigenvalue weighted by molar-refractivity contribution is 7.85. The van der Waals surface area contributed by atoms with Gasteiger partial charge in [-0.15, -0.1) is 0 Å². The van der Waals surface area contributed by atoms with E-state index in [-0.39, 0.29) is 28.2 Å². The van der Waals surface area contributed by atoms with Gasteiger partial charge < -0.3 is 14.5 Å². The molecule has 0 aromatic heterocycles. The Morgan fingerprint density at radius 3 is 2.24 bits per heavy atom. The van der Waals surface area contributed by atoms with Crippen LogP contribution in [0.15, 0.2) is 142 Å². The second-order valence-electron chi connectivity index (χ2n) is 17.0. The number of ether oxygens (including phenoxy) is 1. The first-order valence-electron chi connectivity index (χ1n) is 20.4. The molecule has 7 nitrogen and oxygen atoms in total. The maximum Gasteiger partial charge on any atom is 0.337 e. The summed E-state index contributed by atoms with van der Waals surface area (Å²) in [5.41, 5.74) is 9.07. The summed E-state index contributed by atoms with van der Waals surface area (Å²) in [6.45, 7) is 15.0. The molecule has 0 fully saturated rings. The van der Waals surface area contributed by atoms with Gasteiger partial charge in [0.2, 0.25) is 0 Å². The first-order chi connectivity index (χ1) is 28.1. The Hall–Kier alpha value is -5.15. The van der Waals surface area contributed by atoms with E-state index < -0.39 is 15.5 Å². The van der Waals surface area contributed by atoms with Crippen molar-refractivity contribution in [2.75, 3.05) is 30.0 Å². The number of benzene rings is 5. The average Bonchev–Trinajstić information content (AvgIpc) is 3.59. The number of nitrogens with zero attached hydrogens (tertiary/aromatic N) is 2. The van der Waals surface area contributed by atoms with Gasteiger partial charge in [-0.1, -0.05) is 112 Å². The van der Waals surface area contributed by atoms with Gasteiger partial charge in [-0.25, -0.2) is 4.79 Å². The molecule has 2 atom stereocenters. The lowest BCUT2D eigenvalue weighted by Gasteiger charge is -2.32. The van der Waals surface area contributed by atoms with Crippen LogP contribution in [0.3, 0.4) is 0 Å². The maximum atomic E-state index is 12.3. The molecule has 0 spiro atoms. The summed E-state index contributed by atoms with van der Waals surface area (Å²) >= 11 is 7.50. The third-order valence-electron chi connectivity index (χ3n) is 12.9. The number of anilines is 2. The first-order valence-corrected chi connectivity index (χ1v) is 22.2. The number of methoxy groups -OCH3 is 1. The van der Waals surface area contributed by atoms with Crippen LogP contribution >= 0.6 is 11.6 Å². The Balaban J connectivity index is 1.21. The van der Waals surface area contributed by atoms with Gasteiger partial charge in [0.15, 0.2) is 0 Å². The summed E-state index contributed by atoms with van der Waals surface area (Å²) in [5.74, 6) is -0.245. The van der Waals surface area contributed by atoms with E-state index in [9.17, 15) is 17.8 Å². The zero-order valence-corrected chi connectivity index (χ0v) is 36.3. The molecule has 5 aromatic rings. The highest BCUT2D eigenvalue weighted by Crippen LogP contribution is 2.52. The molecule has 1 aliphatic carbocycles. The van der Waals surface area contributed by atoms with Crippen LogP contribution in [0.2, 0.25) is 0 Å². The number of likely N-dealkylation sites (N-methyl/N-ethyl adjacent to an activating group) is 2. The van der Waals surface area contributed by atoms with Crippen molar-refractivity contribution in [2.45, 2.75) is 82.1 Å². The molecule has 9 heteroatoms. The molecule has 59 heavy (non-hydrogen) atoms. The molecule has 1 N–H and O–H groups in total. The predicted molar refractivity (Wildman–Crippen MR) is 242 cm³/mol. The third kappa shape index (κ3) is 6.89. The first kappa shape index (κ1) is 40.6. The molecule has 0 amide bonds. The quantitative estimate of drug-likeness (QED) is 0.123. The van der Waals surface area contributed by atoms with Crippen molar-refractivity contribution < 1.29 is 22.5 Å². The summed E-state index contributed by atoms with van der Waals surface area (Å²) in [5, 5.41) is 4.99. The molecular formula is C50H51ClN2O5S. The van der Waals surface area contributed by atoms with Crippen molar-refractivity contribution in [1.29, 1.82) is 0 Å². The molecule has 5 aromatic carbocycles. The van der Waals surface area contributed by atoms with E-state index in [4.69, 9.17) is 16.3 Å².